The summed E-state index contributed by atoms with van der Waals surface area (Å²) in [6.07, 6.45) is 3.10. The Morgan fingerprint density at radius 1 is 1.00 bits per heavy atom. The summed E-state index contributed by atoms with van der Waals surface area (Å²) < 4.78 is 11.0. The first kappa shape index (κ1) is 16.0. The molecule has 0 saturated heterocycles. The Kier molecular flexibility index (Phi) is 6.89. The molecule has 1 aromatic carbocycles. The number of rotatable bonds is 9. The Hall–Kier alpha value is -1.06. The van der Waals surface area contributed by atoms with Gasteiger partial charge in [0, 0.05) is 13.2 Å². The molecule has 3 heteroatoms. The third-order valence-electron chi connectivity index (χ3n) is 2.86. The van der Waals surface area contributed by atoms with Crippen LogP contribution in [0.5, 0.6) is 5.75 Å². The van der Waals surface area contributed by atoms with Gasteiger partial charge in [-0.25, -0.2) is 0 Å². The highest BCUT2D eigenvalue weighted by Crippen LogP contribution is 2.22. The van der Waals surface area contributed by atoms with Gasteiger partial charge in [-0.1, -0.05) is 19.1 Å². The van der Waals surface area contributed by atoms with E-state index in [0.717, 1.165) is 43.8 Å². The van der Waals surface area contributed by atoms with Gasteiger partial charge in [-0.2, -0.15) is 0 Å². The lowest BCUT2D eigenvalue weighted by atomic mass is 9.99. The smallest absolute Gasteiger partial charge is 0.119 e. The lowest BCUT2D eigenvalue weighted by Crippen LogP contribution is -2.15. The standard InChI is InChI=1S/C16H26O3/c1-4-11-18-12-5-6-13-19-15-9-7-14(8-10-15)16(2,3)17/h7-10,17H,4-6,11-13H2,1-3H3. The van der Waals surface area contributed by atoms with Gasteiger partial charge in [-0.05, 0) is 50.8 Å². The maximum absolute atomic E-state index is 9.84. The van der Waals surface area contributed by atoms with Crippen LogP contribution in [-0.2, 0) is 10.3 Å². The van der Waals surface area contributed by atoms with Crippen molar-refractivity contribution in [1.82, 2.24) is 0 Å². The minimum Gasteiger partial charge on any atom is -0.494 e. The van der Waals surface area contributed by atoms with E-state index >= 15 is 0 Å². The monoisotopic (exact) mass is 266 g/mol. The summed E-state index contributed by atoms with van der Waals surface area (Å²) in [7, 11) is 0. The van der Waals surface area contributed by atoms with E-state index in [2.05, 4.69) is 6.92 Å². The SMILES string of the molecule is CCCOCCCCOc1ccc(C(C)(C)O)cc1. The van der Waals surface area contributed by atoms with Gasteiger partial charge in [0.15, 0.2) is 0 Å². The Labute approximate surface area is 116 Å². The largest absolute Gasteiger partial charge is 0.494 e. The predicted molar refractivity (Wildman–Crippen MR) is 77.5 cm³/mol. The lowest BCUT2D eigenvalue weighted by molar-refractivity contribution is 0.0785. The Morgan fingerprint density at radius 3 is 2.21 bits per heavy atom. The summed E-state index contributed by atoms with van der Waals surface area (Å²) >= 11 is 0. The van der Waals surface area contributed by atoms with Gasteiger partial charge >= 0.3 is 0 Å². The van der Waals surface area contributed by atoms with Crippen molar-refractivity contribution in [1.29, 1.82) is 0 Å². The van der Waals surface area contributed by atoms with Crippen LogP contribution in [0.25, 0.3) is 0 Å². The van der Waals surface area contributed by atoms with Crippen LogP contribution >= 0.6 is 0 Å². The summed E-state index contributed by atoms with van der Waals surface area (Å²) in [6, 6.07) is 7.61. The number of aliphatic hydroxyl groups is 1. The Morgan fingerprint density at radius 2 is 1.63 bits per heavy atom. The molecule has 0 spiro atoms. The molecule has 0 amide bonds. The average Bonchev–Trinajstić information content (AvgIpc) is 2.37. The van der Waals surface area contributed by atoms with Crippen LogP contribution < -0.4 is 4.74 Å². The highest BCUT2D eigenvalue weighted by molar-refractivity contribution is 5.30. The highest BCUT2D eigenvalue weighted by Gasteiger charge is 2.15. The first-order valence-corrected chi connectivity index (χ1v) is 7.07. The zero-order valence-corrected chi connectivity index (χ0v) is 12.3. The third-order valence-corrected chi connectivity index (χ3v) is 2.86. The molecule has 0 unspecified atom stereocenters. The van der Waals surface area contributed by atoms with E-state index in [4.69, 9.17) is 9.47 Å². The molecule has 0 fully saturated rings. The van der Waals surface area contributed by atoms with Gasteiger partial charge in [-0.3, -0.25) is 0 Å². The van der Waals surface area contributed by atoms with Crippen molar-refractivity contribution in [3.05, 3.63) is 29.8 Å². The van der Waals surface area contributed by atoms with Crippen molar-refractivity contribution in [2.45, 2.75) is 45.6 Å². The zero-order chi connectivity index (χ0) is 14.1. The molecule has 0 bridgehead atoms. The predicted octanol–water partition coefficient (Wildman–Crippen LogP) is 3.50. The molecule has 1 aromatic rings. The molecule has 0 aromatic heterocycles. The molecule has 0 radical (unpaired) electrons. The molecule has 0 aliphatic carbocycles. The second-order valence-electron chi connectivity index (χ2n) is 5.25. The first-order chi connectivity index (χ1) is 9.04. The van der Waals surface area contributed by atoms with Crippen LogP contribution in [0.15, 0.2) is 24.3 Å². The maximum Gasteiger partial charge on any atom is 0.119 e. The van der Waals surface area contributed by atoms with Crippen LogP contribution in [0.4, 0.5) is 0 Å². The molecule has 0 aliphatic rings. The van der Waals surface area contributed by atoms with E-state index in [-0.39, 0.29) is 0 Å². The maximum atomic E-state index is 9.84. The fourth-order valence-electron chi connectivity index (χ4n) is 1.70. The van der Waals surface area contributed by atoms with E-state index in [1.807, 2.05) is 24.3 Å². The molecule has 1 rings (SSSR count). The molecule has 19 heavy (non-hydrogen) atoms. The second kappa shape index (κ2) is 8.18. The quantitative estimate of drug-likeness (QED) is 0.695. The summed E-state index contributed by atoms with van der Waals surface area (Å²) in [5.41, 5.74) is 0.0996. The van der Waals surface area contributed by atoms with E-state index in [9.17, 15) is 5.11 Å². The van der Waals surface area contributed by atoms with Crippen molar-refractivity contribution in [3.63, 3.8) is 0 Å². The third kappa shape index (κ3) is 6.60. The number of unbranched alkanes of at least 4 members (excludes halogenated alkanes) is 1. The lowest BCUT2D eigenvalue weighted by Gasteiger charge is -2.17. The van der Waals surface area contributed by atoms with Crippen molar-refractivity contribution in [2.24, 2.45) is 0 Å². The summed E-state index contributed by atoms with van der Waals surface area (Å²) in [4.78, 5) is 0. The summed E-state index contributed by atoms with van der Waals surface area (Å²) in [5, 5.41) is 9.84. The molecular formula is C16H26O3. The van der Waals surface area contributed by atoms with Crippen LogP contribution in [0.1, 0.15) is 45.6 Å². The molecule has 0 heterocycles. The fraction of sp³-hybridized carbons (Fsp3) is 0.625. The molecule has 0 atom stereocenters. The molecule has 1 N–H and O–H groups in total. The average molecular weight is 266 g/mol. The van der Waals surface area contributed by atoms with Gasteiger partial charge in [-0.15, -0.1) is 0 Å². The number of hydrogen-bond donors (Lipinski definition) is 1. The minimum atomic E-state index is -0.796. The van der Waals surface area contributed by atoms with E-state index in [1.54, 1.807) is 13.8 Å². The molecular weight excluding hydrogens is 240 g/mol. The van der Waals surface area contributed by atoms with Crippen LogP contribution in [-0.4, -0.2) is 24.9 Å². The normalized spacial score (nSPS) is 11.6. The molecule has 0 saturated carbocycles. The van der Waals surface area contributed by atoms with E-state index in [0.29, 0.717) is 6.61 Å². The fourth-order valence-corrected chi connectivity index (χ4v) is 1.70. The van der Waals surface area contributed by atoms with Crippen LogP contribution in [0, 0.1) is 0 Å². The van der Waals surface area contributed by atoms with E-state index < -0.39 is 5.60 Å². The van der Waals surface area contributed by atoms with Gasteiger partial charge in [0.1, 0.15) is 5.75 Å². The van der Waals surface area contributed by atoms with Crippen molar-refractivity contribution < 1.29 is 14.6 Å². The van der Waals surface area contributed by atoms with Crippen molar-refractivity contribution in [3.8, 4) is 5.75 Å². The Balaban J connectivity index is 2.20. The number of hydrogen-bond acceptors (Lipinski definition) is 3. The second-order valence-corrected chi connectivity index (χ2v) is 5.25. The van der Waals surface area contributed by atoms with Gasteiger partial charge < -0.3 is 14.6 Å². The van der Waals surface area contributed by atoms with Crippen molar-refractivity contribution in [2.75, 3.05) is 19.8 Å². The first-order valence-electron chi connectivity index (χ1n) is 7.07. The number of ether oxygens (including phenoxy) is 2. The molecule has 108 valence electrons. The van der Waals surface area contributed by atoms with Crippen molar-refractivity contribution >= 4 is 0 Å². The van der Waals surface area contributed by atoms with Gasteiger partial charge in [0.2, 0.25) is 0 Å². The van der Waals surface area contributed by atoms with E-state index in [1.165, 1.54) is 0 Å². The van der Waals surface area contributed by atoms with Crippen LogP contribution in [0.2, 0.25) is 0 Å². The topological polar surface area (TPSA) is 38.7 Å². The number of benzene rings is 1. The highest BCUT2D eigenvalue weighted by atomic mass is 16.5. The van der Waals surface area contributed by atoms with Gasteiger partial charge in [0.05, 0.1) is 12.2 Å². The minimum absolute atomic E-state index is 0.706. The zero-order valence-electron chi connectivity index (χ0n) is 12.3. The Bertz CT molecular complexity index is 338. The van der Waals surface area contributed by atoms with Crippen LogP contribution in [0.3, 0.4) is 0 Å². The molecule has 0 aliphatic heterocycles. The molecule has 3 nitrogen and oxygen atoms in total. The summed E-state index contributed by atoms with van der Waals surface area (Å²) in [5.74, 6) is 0.850. The van der Waals surface area contributed by atoms with Gasteiger partial charge in [0.25, 0.3) is 0 Å². The summed E-state index contributed by atoms with van der Waals surface area (Å²) in [6.45, 7) is 8.03.